The first-order valence-electron chi connectivity index (χ1n) is 9.73. The standard InChI is InChI=1S/C20H20F3N5O3/c21-20(22,23)11-31-19-14(13-1-2-13)7-12(8-26-19)9-28-10-15-16(27-28)3-4-24-17(15)18(30)25-5-6-29/h3-4,7-8,10,13,29H,1-2,5-6,9,11H2,(H,25,30). The lowest BCUT2D eigenvalue weighted by atomic mass is 10.1. The molecular weight excluding hydrogens is 415 g/mol. The van der Waals surface area contributed by atoms with Crippen molar-refractivity contribution < 1.29 is 27.8 Å². The van der Waals surface area contributed by atoms with Gasteiger partial charge in [-0.1, -0.05) is 0 Å². The van der Waals surface area contributed by atoms with Crippen molar-refractivity contribution >= 4 is 16.8 Å². The number of pyridine rings is 2. The Morgan fingerprint density at radius 1 is 1.32 bits per heavy atom. The first-order chi connectivity index (χ1) is 14.8. The zero-order valence-electron chi connectivity index (χ0n) is 16.4. The van der Waals surface area contributed by atoms with Gasteiger partial charge >= 0.3 is 6.18 Å². The molecule has 3 aromatic rings. The van der Waals surface area contributed by atoms with E-state index in [1.165, 1.54) is 12.4 Å². The van der Waals surface area contributed by atoms with Crippen LogP contribution in [0.1, 0.15) is 40.4 Å². The van der Waals surface area contributed by atoms with Crippen molar-refractivity contribution in [1.82, 2.24) is 25.1 Å². The number of rotatable bonds is 8. The Bertz CT molecular complexity index is 1100. The molecule has 3 heterocycles. The molecule has 4 rings (SSSR count). The number of amides is 1. The summed E-state index contributed by atoms with van der Waals surface area (Å²) in [4.78, 5) is 20.5. The molecule has 0 spiro atoms. The molecule has 0 aromatic carbocycles. The van der Waals surface area contributed by atoms with Gasteiger partial charge in [0.15, 0.2) is 6.61 Å². The van der Waals surface area contributed by atoms with Crippen molar-refractivity contribution in [2.45, 2.75) is 31.5 Å². The van der Waals surface area contributed by atoms with Crippen LogP contribution in [0.5, 0.6) is 5.88 Å². The summed E-state index contributed by atoms with van der Waals surface area (Å²) >= 11 is 0. The van der Waals surface area contributed by atoms with Gasteiger partial charge in [-0.25, -0.2) is 4.98 Å². The Morgan fingerprint density at radius 2 is 2.13 bits per heavy atom. The van der Waals surface area contributed by atoms with Crippen LogP contribution in [0.2, 0.25) is 0 Å². The van der Waals surface area contributed by atoms with E-state index in [1.807, 2.05) is 0 Å². The fourth-order valence-corrected chi connectivity index (χ4v) is 3.25. The van der Waals surface area contributed by atoms with Crippen molar-refractivity contribution in [1.29, 1.82) is 0 Å². The molecule has 31 heavy (non-hydrogen) atoms. The highest BCUT2D eigenvalue weighted by Gasteiger charge is 2.32. The van der Waals surface area contributed by atoms with Crippen LogP contribution in [0.3, 0.4) is 0 Å². The molecule has 0 radical (unpaired) electrons. The monoisotopic (exact) mass is 435 g/mol. The zero-order valence-corrected chi connectivity index (χ0v) is 16.4. The lowest BCUT2D eigenvalue weighted by Crippen LogP contribution is -2.27. The molecule has 11 heteroatoms. The average Bonchev–Trinajstić information content (AvgIpc) is 3.49. The number of fused-ring (bicyclic) bond motifs is 1. The van der Waals surface area contributed by atoms with Gasteiger partial charge in [-0.15, -0.1) is 0 Å². The summed E-state index contributed by atoms with van der Waals surface area (Å²) in [6.07, 6.45) is 1.98. The number of hydrogen-bond acceptors (Lipinski definition) is 6. The molecule has 1 aliphatic carbocycles. The quantitative estimate of drug-likeness (QED) is 0.564. The molecule has 164 valence electrons. The summed E-state index contributed by atoms with van der Waals surface area (Å²) in [5, 5.41) is 16.4. The molecule has 0 aliphatic heterocycles. The second-order valence-corrected chi connectivity index (χ2v) is 7.31. The number of hydrogen-bond donors (Lipinski definition) is 2. The van der Waals surface area contributed by atoms with Crippen LogP contribution < -0.4 is 10.1 Å². The third-order valence-corrected chi connectivity index (χ3v) is 4.76. The third kappa shape index (κ3) is 5.10. The molecule has 1 fully saturated rings. The van der Waals surface area contributed by atoms with Crippen LogP contribution >= 0.6 is 0 Å². The molecule has 2 N–H and O–H groups in total. The second-order valence-electron chi connectivity index (χ2n) is 7.31. The van der Waals surface area contributed by atoms with Gasteiger partial charge in [-0.05, 0) is 36.5 Å². The molecule has 1 saturated carbocycles. The number of carbonyl (C=O) groups excluding carboxylic acids is 1. The van der Waals surface area contributed by atoms with Gasteiger partial charge < -0.3 is 15.2 Å². The molecule has 0 bridgehead atoms. The minimum absolute atomic E-state index is 0.0150. The normalized spacial score (nSPS) is 14.1. The van der Waals surface area contributed by atoms with E-state index in [1.54, 1.807) is 23.0 Å². The van der Waals surface area contributed by atoms with Gasteiger partial charge in [0.05, 0.1) is 24.1 Å². The number of alkyl halides is 3. The summed E-state index contributed by atoms with van der Waals surface area (Å²) in [5.74, 6) is -0.248. The van der Waals surface area contributed by atoms with E-state index in [0.717, 1.165) is 18.4 Å². The van der Waals surface area contributed by atoms with E-state index < -0.39 is 18.7 Å². The van der Waals surface area contributed by atoms with Crippen molar-refractivity contribution in [3.05, 3.63) is 47.5 Å². The lowest BCUT2D eigenvalue weighted by molar-refractivity contribution is -0.154. The number of aliphatic hydroxyl groups is 1. The minimum atomic E-state index is -4.43. The smallest absolute Gasteiger partial charge is 0.422 e. The molecule has 0 unspecified atom stereocenters. The second kappa shape index (κ2) is 8.50. The maximum absolute atomic E-state index is 12.5. The Morgan fingerprint density at radius 3 is 2.84 bits per heavy atom. The molecule has 0 atom stereocenters. The molecule has 1 aliphatic rings. The van der Waals surface area contributed by atoms with Gasteiger partial charge in [0.2, 0.25) is 5.88 Å². The van der Waals surface area contributed by atoms with Crippen molar-refractivity contribution in [2.24, 2.45) is 0 Å². The van der Waals surface area contributed by atoms with Crippen LogP contribution in [0.4, 0.5) is 13.2 Å². The maximum atomic E-state index is 12.5. The van der Waals surface area contributed by atoms with E-state index in [0.29, 0.717) is 23.0 Å². The van der Waals surface area contributed by atoms with Crippen LogP contribution in [0.15, 0.2) is 30.7 Å². The van der Waals surface area contributed by atoms with Gasteiger partial charge in [0.1, 0.15) is 5.69 Å². The third-order valence-electron chi connectivity index (χ3n) is 4.76. The number of aromatic nitrogens is 4. The fourth-order valence-electron chi connectivity index (χ4n) is 3.25. The Labute approximate surface area is 175 Å². The number of carbonyl (C=O) groups is 1. The predicted octanol–water partition coefficient (Wildman–Crippen LogP) is 2.42. The van der Waals surface area contributed by atoms with Crippen LogP contribution in [0, 0.1) is 0 Å². The SMILES string of the molecule is O=C(NCCO)c1nccc2nn(Cc3cnc(OCC(F)(F)F)c(C4CC4)c3)cc12. The number of nitrogens with zero attached hydrogens (tertiary/aromatic N) is 4. The fraction of sp³-hybridized carbons (Fsp3) is 0.400. The Hall–Kier alpha value is -3.21. The highest BCUT2D eigenvalue weighted by Crippen LogP contribution is 2.44. The largest absolute Gasteiger partial charge is 0.468 e. The number of ether oxygens (including phenoxy) is 1. The summed E-state index contributed by atoms with van der Waals surface area (Å²) in [7, 11) is 0. The van der Waals surface area contributed by atoms with E-state index in [9.17, 15) is 18.0 Å². The van der Waals surface area contributed by atoms with E-state index in [4.69, 9.17) is 9.84 Å². The summed E-state index contributed by atoms with van der Waals surface area (Å²) in [5.41, 5.74) is 2.20. The van der Waals surface area contributed by atoms with Gasteiger partial charge in [-0.2, -0.15) is 18.3 Å². The van der Waals surface area contributed by atoms with Crippen molar-refractivity contribution in [2.75, 3.05) is 19.8 Å². The predicted molar refractivity (Wildman–Crippen MR) is 104 cm³/mol. The summed E-state index contributed by atoms with van der Waals surface area (Å²) in [6, 6.07) is 3.48. The molecule has 1 amide bonds. The topological polar surface area (TPSA) is 102 Å². The van der Waals surface area contributed by atoms with Crippen LogP contribution in [-0.2, 0) is 6.54 Å². The number of aliphatic hydroxyl groups excluding tert-OH is 1. The molecule has 8 nitrogen and oxygen atoms in total. The first-order valence-corrected chi connectivity index (χ1v) is 9.73. The van der Waals surface area contributed by atoms with Crippen molar-refractivity contribution in [3.63, 3.8) is 0 Å². The molecule has 0 saturated heterocycles. The number of nitrogens with one attached hydrogen (secondary N) is 1. The Kier molecular flexibility index (Phi) is 5.77. The average molecular weight is 435 g/mol. The van der Waals surface area contributed by atoms with E-state index in [-0.39, 0.29) is 30.6 Å². The highest BCUT2D eigenvalue weighted by molar-refractivity contribution is 6.04. The summed E-state index contributed by atoms with van der Waals surface area (Å²) < 4.78 is 44.0. The first kappa shape index (κ1) is 21.0. The molecular formula is C20H20F3N5O3. The van der Waals surface area contributed by atoms with Gasteiger partial charge in [0.25, 0.3) is 5.91 Å². The van der Waals surface area contributed by atoms with E-state index >= 15 is 0 Å². The Balaban J connectivity index is 1.56. The van der Waals surface area contributed by atoms with Gasteiger partial charge in [0, 0.05) is 30.7 Å². The van der Waals surface area contributed by atoms with E-state index in [2.05, 4.69) is 20.4 Å². The highest BCUT2D eigenvalue weighted by atomic mass is 19.4. The maximum Gasteiger partial charge on any atom is 0.422 e. The minimum Gasteiger partial charge on any atom is -0.468 e. The van der Waals surface area contributed by atoms with Crippen LogP contribution in [-0.4, -0.2) is 56.7 Å². The summed E-state index contributed by atoms with van der Waals surface area (Å²) in [6.45, 7) is -1.13. The van der Waals surface area contributed by atoms with Gasteiger partial charge in [-0.3, -0.25) is 14.5 Å². The lowest BCUT2D eigenvalue weighted by Gasteiger charge is -2.13. The zero-order chi connectivity index (χ0) is 22.0. The van der Waals surface area contributed by atoms with Crippen molar-refractivity contribution in [3.8, 4) is 5.88 Å². The number of halogens is 3. The molecule has 3 aromatic heterocycles. The van der Waals surface area contributed by atoms with Crippen LogP contribution in [0.25, 0.3) is 10.9 Å².